The molecular weight excluding hydrogens is 538 g/mol. The summed E-state index contributed by atoms with van der Waals surface area (Å²) in [4.78, 5) is 18.8. The Bertz CT molecular complexity index is 1600. The molecule has 0 unspecified atom stereocenters. The van der Waals surface area contributed by atoms with Crippen molar-refractivity contribution in [2.75, 3.05) is 13.1 Å². The number of amides is 1. The number of halogens is 6. The smallest absolute Gasteiger partial charge is 0.406 e. The van der Waals surface area contributed by atoms with Crippen LogP contribution in [0, 0.1) is 17.6 Å². The number of alkyl halides is 3. The molecule has 40 heavy (non-hydrogen) atoms. The summed E-state index contributed by atoms with van der Waals surface area (Å²) in [6.45, 7) is 1.27. The number of ether oxygens (including phenoxy) is 1. The lowest BCUT2D eigenvalue weighted by Gasteiger charge is -2.27. The normalized spacial score (nSPS) is 14.1. The predicted molar refractivity (Wildman–Crippen MR) is 135 cm³/mol. The Hall–Kier alpha value is -4.32. The molecule has 0 radical (unpaired) electrons. The van der Waals surface area contributed by atoms with E-state index < -0.39 is 35.7 Å². The number of nitrogens with one attached hydrogen (secondary N) is 1. The van der Waals surface area contributed by atoms with Crippen LogP contribution in [0.2, 0.25) is 0 Å². The van der Waals surface area contributed by atoms with Gasteiger partial charge >= 0.3 is 12.4 Å². The molecule has 1 amide bonds. The van der Waals surface area contributed by atoms with Gasteiger partial charge in [0, 0.05) is 67.6 Å². The number of hydrogen-bond donors (Lipinski definition) is 1. The molecule has 3 heterocycles. The van der Waals surface area contributed by atoms with Gasteiger partial charge in [0.1, 0.15) is 17.4 Å². The van der Waals surface area contributed by atoms with E-state index in [0.29, 0.717) is 42.7 Å². The van der Waals surface area contributed by atoms with Gasteiger partial charge in [-0.05, 0) is 47.5 Å². The topological polar surface area (TPSA) is 59.4 Å². The molecule has 208 valence electrons. The number of aromatic nitrogens is 2. The minimum absolute atomic E-state index is 0.0255. The first-order valence-corrected chi connectivity index (χ1v) is 12.2. The molecule has 0 saturated carbocycles. The van der Waals surface area contributed by atoms with Crippen molar-refractivity contribution in [1.29, 1.82) is 0 Å². The van der Waals surface area contributed by atoms with E-state index in [-0.39, 0.29) is 17.6 Å². The molecule has 2 aromatic carbocycles. The lowest BCUT2D eigenvalue weighted by Crippen LogP contribution is -2.34. The number of pyridine rings is 1. The third-order valence-electron chi connectivity index (χ3n) is 6.49. The van der Waals surface area contributed by atoms with E-state index in [1.54, 1.807) is 12.2 Å². The summed E-state index contributed by atoms with van der Waals surface area (Å²) in [7, 11) is 0. The molecule has 0 fully saturated rings. The number of hydrogen-bond acceptors (Lipinski definition) is 4. The van der Waals surface area contributed by atoms with Crippen LogP contribution in [0.15, 0.2) is 60.8 Å². The molecule has 1 aliphatic heterocycles. The fraction of sp³-hybridized carbons (Fsp3) is 0.214. The highest BCUT2D eigenvalue weighted by atomic mass is 19.4. The number of fused-ring (bicyclic) bond motifs is 3. The van der Waals surface area contributed by atoms with Gasteiger partial charge in [-0.3, -0.25) is 9.47 Å². The summed E-state index contributed by atoms with van der Waals surface area (Å²) in [5, 5.41) is 3.27. The van der Waals surface area contributed by atoms with Crippen LogP contribution in [0.25, 0.3) is 17.0 Å². The zero-order valence-corrected chi connectivity index (χ0v) is 20.8. The van der Waals surface area contributed by atoms with Crippen LogP contribution in [-0.2, 0) is 19.5 Å². The fourth-order valence-electron chi connectivity index (χ4n) is 4.75. The van der Waals surface area contributed by atoms with Crippen LogP contribution in [0.5, 0.6) is 5.75 Å². The van der Waals surface area contributed by atoms with Crippen LogP contribution >= 0.6 is 0 Å². The minimum Gasteiger partial charge on any atom is -0.406 e. The maximum Gasteiger partial charge on any atom is 0.573 e. The highest BCUT2D eigenvalue weighted by Gasteiger charge is 2.32. The van der Waals surface area contributed by atoms with Gasteiger partial charge in [0.2, 0.25) is 5.95 Å². The molecule has 2 aromatic heterocycles. The fourth-order valence-corrected chi connectivity index (χ4v) is 4.75. The van der Waals surface area contributed by atoms with E-state index in [2.05, 4.69) is 15.0 Å². The molecule has 6 nitrogen and oxygen atoms in total. The van der Waals surface area contributed by atoms with Gasteiger partial charge in [-0.15, -0.1) is 13.2 Å². The first-order chi connectivity index (χ1) is 19.1. The van der Waals surface area contributed by atoms with Crippen LogP contribution < -0.4 is 10.1 Å². The maximum absolute atomic E-state index is 13.9. The summed E-state index contributed by atoms with van der Waals surface area (Å²) in [5.41, 5.74) is 2.31. The number of benzene rings is 2. The van der Waals surface area contributed by atoms with E-state index in [1.807, 2.05) is 4.90 Å². The molecule has 0 atom stereocenters. The predicted octanol–water partition coefficient (Wildman–Crippen LogP) is 6.18. The van der Waals surface area contributed by atoms with Crippen molar-refractivity contribution in [2.24, 2.45) is 0 Å². The van der Waals surface area contributed by atoms with E-state index in [9.17, 15) is 31.1 Å². The summed E-state index contributed by atoms with van der Waals surface area (Å²) in [6.07, 6.45) is 0.0269. The minimum atomic E-state index is -4.91. The van der Waals surface area contributed by atoms with Crippen molar-refractivity contribution in [1.82, 2.24) is 19.8 Å². The van der Waals surface area contributed by atoms with Crippen LogP contribution in [0.3, 0.4) is 0 Å². The van der Waals surface area contributed by atoms with Gasteiger partial charge in [-0.2, -0.15) is 4.39 Å². The zero-order chi connectivity index (χ0) is 28.4. The van der Waals surface area contributed by atoms with Gasteiger partial charge < -0.3 is 10.1 Å². The summed E-state index contributed by atoms with van der Waals surface area (Å²) < 4.78 is 84.7. The van der Waals surface area contributed by atoms with Crippen molar-refractivity contribution in [3.05, 3.63) is 101 Å². The second-order valence-electron chi connectivity index (χ2n) is 9.19. The Morgan fingerprint density at radius 3 is 2.65 bits per heavy atom. The molecule has 4 aromatic rings. The largest absolute Gasteiger partial charge is 0.573 e. The lowest BCUT2D eigenvalue weighted by atomic mass is 10.0. The van der Waals surface area contributed by atoms with Gasteiger partial charge in [-0.1, -0.05) is 12.2 Å². The Morgan fingerprint density at radius 2 is 1.90 bits per heavy atom. The highest BCUT2D eigenvalue weighted by Crippen LogP contribution is 2.34. The second kappa shape index (κ2) is 11.0. The number of nitrogens with zero attached hydrogens (tertiary/aromatic N) is 3. The Morgan fingerprint density at radius 1 is 1.07 bits per heavy atom. The molecule has 12 heteroatoms. The quantitative estimate of drug-likeness (QED) is 0.226. The van der Waals surface area contributed by atoms with Crippen LogP contribution in [-0.4, -0.2) is 39.9 Å². The van der Waals surface area contributed by atoms with Gasteiger partial charge in [-0.25, -0.2) is 18.6 Å². The summed E-state index contributed by atoms with van der Waals surface area (Å²) >= 11 is 0. The first-order valence-electron chi connectivity index (χ1n) is 12.2. The average Bonchev–Trinajstić information content (AvgIpc) is 3.20. The molecule has 0 spiro atoms. The number of carbonyl (C=O) groups excluding carboxylic acids is 1. The molecule has 0 saturated heterocycles. The molecule has 0 aliphatic carbocycles. The monoisotopic (exact) mass is 560 g/mol. The highest BCUT2D eigenvalue weighted by molar-refractivity contribution is 5.96. The van der Waals surface area contributed by atoms with E-state index >= 15 is 0 Å². The zero-order valence-electron chi connectivity index (χ0n) is 20.8. The van der Waals surface area contributed by atoms with Crippen molar-refractivity contribution >= 4 is 23.0 Å². The number of rotatable bonds is 6. The summed E-state index contributed by atoms with van der Waals surface area (Å²) in [6, 6.07) is 9.24. The van der Waals surface area contributed by atoms with Crippen molar-refractivity contribution in [3.63, 3.8) is 0 Å². The van der Waals surface area contributed by atoms with Crippen molar-refractivity contribution in [2.45, 2.75) is 25.9 Å². The number of carbonyl (C=O) groups is 1. The van der Waals surface area contributed by atoms with Gasteiger partial charge in [0.15, 0.2) is 0 Å². The van der Waals surface area contributed by atoms with E-state index in [0.717, 1.165) is 23.8 Å². The first kappa shape index (κ1) is 27.3. The Labute approximate surface area is 224 Å². The van der Waals surface area contributed by atoms with Crippen molar-refractivity contribution in [3.8, 4) is 5.75 Å². The van der Waals surface area contributed by atoms with Gasteiger partial charge in [0.05, 0.1) is 5.52 Å². The second-order valence-corrected chi connectivity index (χ2v) is 9.19. The molecule has 1 N–H and O–H groups in total. The average molecular weight is 560 g/mol. The van der Waals surface area contributed by atoms with Gasteiger partial charge in [0.25, 0.3) is 0 Å². The van der Waals surface area contributed by atoms with Crippen LogP contribution in [0.1, 0.15) is 22.4 Å². The lowest BCUT2D eigenvalue weighted by molar-refractivity contribution is -0.274. The van der Waals surface area contributed by atoms with Crippen LogP contribution in [0.4, 0.5) is 31.1 Å². The third-order valence-corrected chi connectivity index (χ3v) is 6.49. The third kappa shape index (κ3) is 6.12. The summed E-state index contributed by atoms with van der Waals surface area (Å²) in [5.74, 6) is -2.53. The Balaban J connectivity index is 1.42. The SMILES string of the molecule is O=C(NCc1ccnc(F)c1)n1c2c(c3ccc(OC(F)(F)F)cc31)CN(C/C=C/c1ccc(F)cc1F)CC2. The standard InChI is InChI=1S/C28H22F6N4O2/c29-19-4-3-18(23(30)13-19)2-1-10-37-11-8-24-22(16-37)21-6-5-20(40-28(32,33)34)14-25(21)38(24)27(39)36-15-17-7-9-35-26(31)12-17/h1-7,9,12-14H,8,10-11,15-16H2,(H,36,39)/b2-1+. The van der Waals surface area contributed by atoms with Crippen molar-refractivity contribution < 1.29 is 35.9 Å². The van der Waals surface area contributed by atoms with E-state index in [4.69, 9.17) is 0 Å². The molecule has 0 bridgehead atoms. The molecule has 5 rings (SSSR count). The maximum atomic E-state index is 13.9. The Kier molecular flexibility index (Phi) is 7.53. The molecule has 1 aliphatic rings. The molecular formula is C28H22F6N4O2. The van der Waals surface area contributed by atoms with E-state index in [1.165, 1.54) is 41.1 Å².